The monoisotopic (exact) mass is 420 g/mol. The molecule has 0 fully saturated rings. The second-order valence-electron chi connectivity index (χ2n) is 6.71. The van der Waals surface area contributed by atoms with Gasteiger partial charge in [0.25, 0.3) is 0 Å². The molecule has 154 valence electrons. The zero-order valence-corrected chi connectivity index (χ0v) is 17.6. The highest BCUT2D eigenvalue weighted by molar-refractivity contribution is 8.00. The number of aromatic nitrogens is 4. The Bertz CT molecular complexity index is 1030. The van der Waals surface area contributed by atoms with Crippen LogP contribution in [0.3, 0.4) is 0 Å². The summed E-state index contributed by atoms with van der Waals surface area (Å²) < 4.78 is 32.9. The molecule has 0 spiro atoms. The third-order valence-corrected chi connectivity index (χ3v) is 5.85. The summed E-state index contributed by atoms with van der Waals surface area (Å²) in [5.41, 5.74) is 3.05. The molecule has 1 aromatic carbocycles. The summed E-state index contributed by atoms with van der Waals surface area (Å²) in [5, 5.41) is 8.47. The molecule has 0 radical (unpaired) electrons. The molecule has 29 heavy (non-hydrogen) atoms. The summed E-state index contributed by atoms with van der Waals surface area (Å²) in [6.07, 6.45) is 0. The normalized spacial score (nSPS) is 12.4. The summed E-state index contributed by atoms with van der Waals surface area (Å²) in [4.78, 5) is 13.1. The Balaban J connectivity index is 1.84. The number of alkyl halides is 2. The van der Waals surface area contributed by atoms with E-state index in [0.29, 0.717) is 10.7 Å². The summed E-state index contributed by atoms with van der Waals surface area (Å²) in [6.45, 7) is 4.61. The van der Waals surface area contributed by atoms with E-state index in [9.17, 15) is 13.6 Å². The van der Waals surface area contributed by atoms with Gasteiger partial charge in [0.1, 0.15) is 11.6 Å². The number of aryl methyl sites for hydroxylation is 2. The number of halogens is 2. The van der Waals surface area contributed by atoms with Gasteiger partial charge in [-0.25, -0.2) is 0 Å². The van der Waals surface area contributed by atoms with Crippen molar-refractivity contribution in [2.75, 3.05) is 0 Å². The number of ketones is 1. The fourth-order valence-electron chi connectivity index (χ4n) is 3.11. The molecule has 0 aliphatic rings. The Morgan fingerprint density at radius 3 is 2.34 bits per heavy atom. The number of carbonyl (C=O) groups is 1. The van der Waals surface area contributed by atoms with Crippen molar-refractivity contribution in [1.82, 2.24) is 19.3 Å². The number of hydrogen-bond donors (Lipinski definition) is 0. The van der Waals surface area contributed by atoms with Gasteiger partial charge in [-0.2, -0.15) is 8.78 Å². The number of thioether (sulfide) groups is 1. The Kier molecular flexibility index (Phi) is 6.07. The van der Waals surface area contributed by atoms with E-state index in [0.717, 1.165) is 22.9 Å². The number of rotatable bonds is 7. The van der Waals surface area contributed by atoms with Crippen LogP contribution in [-0.2, 0) is 7.05 Å². The average molecular weight is 420 g/mol. The summed E-state index contributed by atoms with van der Waals surface area (Å²) in [7, 11) is 1.86. The van der Waals surface area contributed by atoms with Crippen molar-refractivity contribution in [3.05, 3.63) is 53.1 Å². The molecule has 0 aliphatic carbocycles. The van der Waals surface area contributed by atoms with Gasteiger partial charge in [0.15, 0.2) is 10.9 Å². The highest BCUT2D eigenvalue weighted by Gasteiger charge is 2.24. The highest BCUT2D eigenvalue weighted by atomic mass is 32.2. The first-order chi connectivity index (χ1) is 13.7. The number of nitrogens with zero attached hydrogens (tertiary/aromatic N) is 4. The lowest BCUT2D eigenvalue weighted by Crippen LogP contribution is -2.15. The van der Waals surface area contributed by atoms with Crippen molar-refractivity contribution in [1.29, 1.82) is 0 Å². The highest BCUT2D eigenvalue weighted by Crippen LogP contribution is 2.28. The Morgan fingerprint density at radius 2 is 1.79 bits per heavy atom. The molecule has 9 heteroatoms. The smallest absolute Gasteiger partial charge is 0.387 e. The van der Waals surface area contributed by atoms with Crippen molar-refractivity contribution in [2.24, 2.45) is 7.05 Å². The lowest BCUT2D eigenvalue weighted by molar-refractivity contribution is -0.0498. The van der Waals surface area contributed by atoms with Gasteiger partial charge < -0.3 is 13.9 Å². The van der Waals surface area contributed by atoms with Crippen LogP contribution < -0.4 is 4.74 Å². The minimum absolute atomic E-state index is 0.00680. The molecule has 0 unspecified atom stereocenters. The first kappa shape index (κ1) is 21.0. The Morgan fingerprint density at radius 1 is 1.14 bits per heavy atom. The van der Waals surface area contributed by atoms with Crippen LogP contribution in [0, 0.1) is 20.8 Å². The minimum Gasteiger partial charge on any atom is -0.435 e. The van der Waals surface area contributed by atoms with E-state index in [-0.39, 0.29) is 16.8 Å². The van der Waals surface area contributed by atoms with Gasteiger partial charge in [-0.15, -0.1) is 10.2 Å². The Labute approximate surface area is 171 Å². The number of benzene rings is 1. The van der Waals surface area contributed by atoms with Crippen LogP contribution in [0.2, 0.25) is 0 Å². The van der Waals surface area contributed by atoms with E-state index in [1.807, 2.05) is 49.9 Å². The molecule has 0 aliphatic heterocycles. The van der Waals surface area contributed by atoms with Crippen LogP contribution in [-0.4, -0.2) is 37.0 Å². The van der Waals surface area contributed by atoms with Crippen LogP contribution in [0.1, 0.15) is 34.5 Å². The van der Waals surface area contributed by atoms with Crippen molar-refractivity contribution in [2.45, 2.75) is 44.7 Å². The van der Waals surface area contributed by atoms with Gasteiger partial charge in [0.2, 0.25) is 0 Å². The number of Topliss-reactive ketones (excluding diaryl/α,β-unsaturated/α-hetero) is 1. The maximum atomic E-state index is 13.1. The summed E-state index contributed by atoms with van der Waals surface area (Å²) in [6, 6.07) is 8.19. The first-order valence-corrected chi connectivity index (χ1v) is 9.88. The van der Waals surface area contributed by atoms with Crippen molar-refractivity contribution >= 4 is 17.5 Å². The molecule has 0 saturated heterocycles. The van der Waals surface area contributed by atoms with Crippen LogP contribution in [0.4, 0.5) is 8.78 Å². The lowest BCUT2D eigenvalue weighted by Gasteiger charge is -2.12. The van der Waals surface area contributed by atoms with Crippen molar-refractivity contribution in [3.8, 4) is 11.4 Å². The molecule has 3 rings (SSSR count). The maximum Gasteiger partial charge on any atom is 0.387 e. The Hall–Kier alpha value is -2.68. The molecule has 0 saturated carbocycles. The van der Waals surface area contributed by atoms with Crippen LogP contribution in [0.25, 0.3) is 5.69 Å². The topological polar surface area (TPSA) is 61.9 Å². The van der Waals surface area contributed by atoms with E-state index in [1.54, 1.807) is 12.1 Å². The zero-order valence-electron chi connectivity index (χ0n) is 16.8. The minimum atomic E-state index is -2.86. The van der Waals surface area contributed by atoms with E-state index in [2.05, 4.69) is 14.9 Å². The number of hydrogen-bond acceptors (Lipinski definition) is 5. The second kappa shape index (κ2) is 8.36. The standard InChI is InChI=1S/C20H22F2N4O2S/c1-11-10-17(18(27)13(3)29-20-24-23-14(4)25(20)5)12(2)26(11)15-6-8-16(9-7-15)28-19(21)22/h6-10,13,19H,1-5H3/t13-/m0/s1. The van der Waals surface area contributed by atoms with E-state index < -0.39 is 6.61 Å². The van der Waals surface area contributed by atoms with Gasteiger partial charge in [-0.1, -0.05) is 11.8 Å². The molecular weight excluding hydrogens is 398 g/mol. The van der Waals surface area contributed by atoms with Crippen LogP contribution in [0.15, 0.2) is 35.5 Å². The summed E-state index contributed by atoms with van der Waals surface area (Å²) >= 11 is 1.36. The third kappa shape index (κ3) is 4.34. The van der Waals surface area contributed by atoms with Gasteiger partial charge in [-0.3, -0.25) is 4.79 Å². The molecule has 0 amide bonds. The summed E-state index contributed by atoms with van der Waals surface area (Å²) in [5.74, 6) is 0.865. The molecule has 1 atom stereocenters. The largest absolute Gasteiger partial charge is 0.435 e. The van der Waals surface area contributed by atoms with Gasteiger partial charge in [0.05, 0.1) is 5.25 Å². The molecule has 3 aromatic rings. The van der Waals surface area contributed by atoms with E-state index in [1.165, 1.54) is 23.9 Å². The number of carbonyl (C=O) groups excluding carboxylic acids is 1. The quantitative estimate of drug-likeness (QED) is 0.416. The van der Waals surface area contributed by atoms with Gasteiger partial charge >= 0.3 is 6.61 Å². The van der Waals surface area contributed by atoms with Crippen LogP contribution in [0.5, 0.6) is 5.75 Å². The molecule has 0 N–H and O–H groups in total. The van der Waals surface area contributed by atoms with Gasteiger partial charge in [0, 0.05) is 29.7 Å². The molecular formula is C20H22F2N4O2S. The van der Waals surface area contributed by atoms with Crippen LogP contribution >= 0.6 is 11.8 Å². The van der Waals surface area contributed by atoms with Crippen molar-refractivity contribution in [3.63, 3.8) is 0 Å². The fraction of sp³-hybridized carbons (Fsp3) is 0.350. The predicted octanol–water partition coefficient (Wildman–Crippen LogP) is 4.50. The molecule has 6 nitrogen and oxygen atoms in total. The fourth-order valence-corrected chi connectivity index (χ4v) is 4.04. The molecule has 0 bridgehead atoms. The lowest BCUT2D eigenvalue weighted by atomic mass is 10.1. The van der Waals surface area contributed by atoms with E-state index in [4.69, 9.17) is 0 Å². The predicted molar refractivity (Wildman–Crippen MR) is 107 cm³/mol. The van der Waals surface area contributed by atoms with E-state index >= 15 is 0 Å². The first-order valence-electron chi connectivity index (χ1n) is 9.00. The van der Waals surface area contributed by atoms with Gasteiger partial charge in [-0.05, 0) is 58.0 Å². The SMILES string of the molecule is Cc1nnc(S[C@@H](C)C(=O)c2cc(C)n(-c3ccc(OC(F)F)cc3)c2C)n1C. The third-order valence-electron chi connectivity index (χ3n) is 4.72. The maximum absolute atomic E-state index is 13.1. The molecule has 2 heterocycles. The number of ether oxygens (including phenoxy) is 1. The average Bonchev–Trinajstić information content (AvgIpc) is 3.14. The zero-order chi connectivity index (χ0) is 21.3. The second-order valence-corrected chi connectivity index (χ2v) is 8.01. The molecule has 2 aromatic heterocycles. The van der Waals surface area contributed by atoms with Crippen molar-refractivity contribution < 1.29 is 18.3 Å².